The van der Waals surface area contributed by atoms with Crippen molar-refractivity contribution in [3.8, 4) is 0 Å². The van der Waals surface area contributed by atoms with Crippen LogP contribution in [0.4, 0.5) is 4.79 Å². The fourth-order valence-corrected chi connectivity index (χ4v) is 0.796. The highest BCUT2D eigenvalue weighted by Crippen LogP contribution is 1.92. The lowest BCUT2D eigenvalue weighted by Crippen LogP contribution is -2.38. The number of carbonyl (C=O) groups is 1. The van der Waals surface area contributed by atoms with Crippen molar-refractivity contribution in [3.05, 3.63) is 0 Å². The van der Waals surface area contributed by atoms with E-state index in [0.29, 0.717) is 13.2 Å². The van der Waals surface area contributed by atoms with Gasteiger partial charge in [0.25, 0.3) is 0 Å². The number of halogens is 1. The normalized spacial score (nSPS) is 12.2. The Morgan fingerprint density at radius 2 is 2.17 bits per heavy atom. The van der Waals surface area contributed by atoms with Crippen molar-refractivity contribution in [2.24, 2.45) is 0 Å². The van der Waals surface area contributed by atoms with Crippen molar-refractivity contribution in [1.29, 1.82) is 0 Å². The largest absolute Gasteiger partial charge is 0.450 e. The minimum Gasteiger partial charge on any atom is -0.450 e. The van der Waals surface area contributed by atoms with Crippen molar-refractivity contribution in [2.75, 3.05) is 19.1 Å². The fourth-order valence-electron chi connectivity index (χ4n) is 0.630. The molecule has 0 radical (unpaired) electrons. The summed E-state index contributed by atoms with van der Waals surface area (Å²) in [6.07, 6.45) is -0.965. The lowest BCUT2D eigenvalue weighted by atomic mass is 10.6. The third-order valence-electron chi connectivity index (χ3n) is 1.06. The number of hydrogen-bond acceptors (Lipinski definition) is 3. The first-order chi connectivity index (χ1) is 5.74. The number of carbonyl (C=O) groups excluding carboxylic acids is 1. The predicted octanol–water partition coefficient (Wildman–Crippen LogP) is 1.33. The topological polar surface area (TPSA) is 47.6 Å². The molecule has 0 aromatic heterocycles. The molecule has 0 fully saturated rings. The molecule has 0 saturated heterocycles. The maximum Gasteiger partial charge on any atom is 0.409 e. The zero-order chi connectivity index (χ0) is 9.40. The third kappa shape index (κ3) is 5.21. The van der Waals surface area contributed by atoms with E-state index < -0.39 is 12.3 Å². The number of alkyl halides is 1. The van der Waals surface area contributed by atoms with Crippen LogP contribution in [0.2, 0.25) is 0 Å². The predicted molar refractivity (Wildman–Crippen MR) is 46.3 cm³/mol. The molecular formula is C7H14ClNO3. The monoisotopic (exact) mass is 195 g/mol. The molecule has 4 nitrogen and oxygen atoms in total. The summed E-state index contributed by atoms with van der Waals surface area (Å²) in [4.78, 5) is 10.8. The zero-order valence-electron chi connectivity index (χ0n) is 7.30. The molecule has 0 bridgehead atoms. The Kier molecular flexibility index (Phi) is 6.90. The first-order valence-corrected chi connectivity index (χ1v) is 4.38. The number of ether oxygens (including phenoxy) is 2. The summed E-state index contributed by atoms with van der Waals surface area (Å²) in [7, 11) is 0. The molecule has 1 N–H and O–H groups in total. The Morgan fingerprint density at radius 1 is 1.50 bits per heavy atom. The van der Waals surface area contributed by atoms with Crippen LogP contribution in [-0.4, -0.2) is 31.4 Å². The Balaban J connectivity index is 3.61. The molecule has 12 heavy (non-hydrogen) atoms. The van der Waals surface area contributed by atoms with Gasteiger partial charge >= 0.3 is 6.09 Å². The number of amides is 1. The summed E-state index contributed by atoms with van der Waals surface area (Å²) < 4.78 is 9.70. The molecule has 72 valence electrons. The minimum absolute atomic E-state index is 0.215. The fraction of sp³-hybridized carbons (Fsp3) is 0.857. The molecule has 0 aromatic rings. The van der Waals surface area contributed by atoms with E-state index in [2.05, 4.69) is 10.1 Å². The Bertz CT molecular complexity index is 132. The maximum absolute atomic E-state index is 10.8. The van der Waals surface area contributed by atoms with Crippen LogP contribution >= 0.6 is 11.6 Å². The van der Waals surface area contributed by atoms with Gasteiger partial charge in [-0.15, -0.1) is 11.6 Å². The molecule has 0 heterocycles. The van der Waals surface area contributed by atoms with Gasteiger partial charge in [-0.1, -0.05) is 0 Å². The van der Waals surface area contributed by atoms with Gasteiger partial charge in [-0.3, -0.25) is 5.32 Å². The smallest absolute Gasteiger partial charge is 0.409 e. The van der Waals surface area contributed by atoms with Gasteiger partial charge in [0.15, 0.2) is 0 Å². The van der Waals surface area contributed by atoms with Crippen LogP contribution in [-0.2, 0) is 9.47 Å². The van der Waals surface area contributed by atoms with Crippen LogP contribution in [0.15, 0.2) is 0 Å². The van der Waals surface area contributed by atoms with E-state index in [1.54, 1.807) is 6.92 Å². The Hall–Kier alpha value is -0.480. The summed E-state index contributed by atoms with van der Waals surface area (Å²) in [6.45, 7) is 4.40. The van der Waals surface area contributed by atoms with E-state index in [1.165, 1.54) is 0 Å². The highest BCUT2D eigenvalue weighted by Gasteiger charge is 2.10. The van der Waals surface area contributed by atoms with Gasteiger partial charge in [-0.25, -0.2) is 4.79 Å². The SMILES string of the molecule is CCOC(=O)NC(CCl)OCC. The Morgan fingerprint density at radius 3 is 2.58 bits per heavy atom. The van der Waals surface area contributed by atoms with Crippen molar-refractivity contribution < 1.29 is 14.3 Å². The molecule has 0 aliphatic carbocycles. The molecule has 1 unspecified atom stereocenters. The third-order valence-corrected chi connectivity index (χ3v) is 1.34. The van der Waals surface area contributed by atoms with Gasteiger partial charge in [-0.2, -0.15) is 0 Å². The highest BCUT2D eigenvalue weighted by molar-refractivity contribution is 6.18. The van der Waals surface area contributed by atoms with E-state index in [0.717, 1.165) is 0 Å². The number of rotatable bonds is 5. The second kappa shape index (κ2) is 7.18. The number of alkyl carbamates (subject to hydrolysis) is 1. The Labute approximate surface area is 77.2 Å². The second-order valence-electron chi connectivity index (χ2n) is 1.96. The molecule has 1 atom stereocenters. The van der Waals surface area contributed by atoms with Gasteiger partial charge in [0, 0.05) is 6.61 Å². The van der Waals surface area contributed by atoms with E-state index in [-0.39, 0.29) is 5.88 Å². The summed E-state index contributed by atoms with van der Waals surface area (Å²) >= 11 is 5.50. The van der Waals surface area contributed by atoms with Crippen LogP contribution in [0.5, 0.6) is 0 Å². The molecule has 0 spiro atoms. The van der Waals surface area contributed by atoms with E-state index in [4.69, 9.17) is 16.3 Å². The van der Waals surface area contributed by atoms with Crippen molar-refractivity contribution >= 4 is 17.7 Å². The molecule has 0 aliphatic heterocycles. The lowest BCUT2D eigenvalue weighted by molar-refractivity contribution is 0.0482. The van der Waals surface area contributed by atoms with Crippen LogP contribution in [0.1, 0.15) is 13.8 Å². The minimum atomic E-state index is -0.503. The van der Waals surface area contributed by atoms with Crippen molar-refractivity contribution in [1.82, 2.24) is 5.32 Å². The van der Waals surface area contributed by atoms with E-state index in [1.807, 2.05) is 6.92 Å². The molecule has 0 aromatic carbocycles. The van der Waals surface area contributed by atoms with Gasteiger partial charge in [0.05, 0.1) is 12.5 Å². The summed E-state index contributed by atoms with van der Waals surface area (Å²) in [5.74, 6) is 0.215. The van der Waals surface area contributed by atoms with E-state index in [9.17, 15) is 4.79 Å². The lowest BCUT2D eigenvalue weighted by Gasteiger charge is -2.14. The second-order valence-corrected chi connectivity index (χ2v) is 2.27. The maximum atomic E-state index is 10.8. The molecule has 0 saturated carbocycles. The van der Waals surface area contributed by atoms with Gasteiger partial charge in [-0.05, 0) is 13.8 Å². The van der Waals surface area contributed by atoms with Gasteiger partial charge in [0.1, 0.15) is 6.23 Å². The van der Waals surface area contributed by atoms with Crippen molar-refractivity contribution in [3.63, 3.8) is 0 Å². The standard InChI is InChI=1S/C7H14ClNO3/c1-3-11-6(5-8)9-7(10)12-4-2/h6H,3-5H2,1-2H3,(H,9,10). The summed E-state index contributed by atoms with van der Waals surface area (Å²) in [6, 6.07) is 0. The van der Waals surface area contributed by atoms with Crippen LogP contribution in [0.25, 0.3) is 0 Å². The van der Waals surface area contributed by atoms with Gasteiger partial charge in [0.2, 0.25) is 0 Å². The number of nitrogens with one attached hydrogen (secondary N) is 1. The average Bonchev–Trinajstić information content (AvgIpc) is 2.04. The summed E-state index contributed by atoms with van der Waals surface area (Å²) in [5.41, 5.74) is 0. The molecule has 1 amide bonds. The van der Waals surface area contributed by atoms with Gasteiger partial charge < -0.3 is 9.47 Å². The van der Waals surface area contributed by atoms with Crippen LogP contribution < -0.4 is 5.32 Å². The first kappa shape index (κ1) is 11.5. The van der Waals surface area contributed by atoms with E-state index >= 15 is 0 Å². The quantitative estimate of drug-likeness (QED) is 0.532. The number of hydrogen-bond donors (Lipinski definition) is 1. The van der Waals surface area contributed by atoms with Crippen molar-refractivity contribution in [2.45, 2.75) is 20.1 Å². The first-order valence-electron chi connectivity index (χ1n) is 3.85. The highest BCUT2D eigenvalue weighted by atomic mass is 35.5. The molecule has 0 rings (SSSR count). The van der Waals surface area contributed by atoms with Crippen LogP contribution in [0, 0.1) is 0 Å². The molecule has 0 aliphatic rings. The average molecular weight is 196 g/mol. The molecular weight excluding hydrogens is 182 g/mol. The van der Waals surface area contributed by atoms with Crippen LogP contribution in [0.3, 0.4) is 0 Å². The summed E-state index contributed by atoms with van der Waals surface area (Å²) in [5, 5.41) is 2.45. The zero-order valence-corrected chi connectivity index (χ0v) is 8.06. The molecule has 5 heteroatoms.